The number of methoxy groups -OCH3 is 1. The summed E-state index contributed by atoms with van der Waals surface area (Å²) in [5.41, 5.74) is 1.58. The number of amides is 2. The van der Waals surface area contributed by atoms with E-state index in [-0.39, 0.29) is 18.4 Å². The quantitative estimate of drug-likeness (QED) is 0.681. The summed E-state index contributed by atoms with van der Waals surface area (Å²) in [6.45, 7) is 4.84. The highest BCUT2D eigenvalue weighted by molar-refractivity contribution is 5.95. The van der Waals surface area contributed by atoms with Crippen LogP contribution in [-0.2, 0) is 16.0 Å². The first-order valence-electron chi connectivity index (χ1n) is 9.50. The molecule has 0 bridgehead atoms. The van der Waals surface area contributed by atoms with Crippen LogP contribution < -0.4 is 14.8 Å². The van der Waals surface area contributed by atoms with Gasteiger partial charge in [-0.3, -0.25) is 9.59 Å². The van der Waals surface area contributed by atoms with E-state index < -0.39 is 0 Å². The zero-order valence-corrected chi connectivity index (χ0v) is 16.7. The van der Waals surface area contributed by atoms with Gasteiger partial charge in [0.1, 0.15) is 11.5 Å². The van der Waals surface area contributed by atoms with Crippen LogP contribution in [-0.4, -0.2) is 43.5 Å². The van der Waals surface area contributed by atoms with E-state index in [1.165, 1.54) is 0 Å². The molecule has 0 fully saturated rings. The number of carbonyl (C=O) groups excluding carboxylic acids is 2. The van der Waals surface area contributed by atoms with Gasteiger partial charge in [-0.15, -0.1) is 0 Å². The number of aryl methyl sites for hydroxylation is 1. The fraction of sp³-hybridized carbons (Fsp3) is 0.364. The van der Waals surface area contributed by atoms with Crippen LogP contribution in [0.4, 0.5) is 5.69 Å². The van der Waals surface area contributed by atoms with Gasteiger partial charge in [0.15, 0.2) is 0 Å². The summed E-state index contributed by atoms with van der Waals surface area (Å²) in [6.07, 6.45) is 0.888. The van der Waals surface area contributed by atoms with Crippen molar-refractivity contribution < 1.29 is 19.1 Å². The third-order valence-electron chi connectivity index (χ3n) is 4.33. The first-order valence-corrected chi connectivity index (χ1v) is 9.50. The average molecular weight is 384 g/mol. The van der Waals surface area contributed by atoms with E-state index in [0.717, 1.165) is 11.3 Å². The lowest BCUT2D eigenvalue weighted by Gasteiger charge is -2.21. The molecule has 0 saturated heterocycles. The highest BCUT2D eigenvalue weighted by atomic mass is 16.5. The van der Waals surface area contributed by atoms with Crippen LogP contribution in [0.3, 0.4) is 0 Å². The van der Waals surface area contributed by atoms with Crippen molar-refractivity contribution >= 4 is 17.5 Å². The fourth-order valence-electron chi connectivity index (χ4n) is 2.89. The Balaban J connectivity index is 1.93. The van der Waals surface area contributed by atoms with Gasteiger partial charge in [-0.05, 0) is 44.0 Å². The number of benzene rings is 2. The highest BCUT2D eigenvalue weighted by Gasteiger charge is 2.17. The lowest BCUT2D eigenvalue weighted by molar-refractivity contribution is -0.134. The van der Waals surface area contributed by atoms with E-state index >= 15 is 0 Å². The molecule has 0 radical (unpaired) electrons. The molecule has 28 heavy (non-hydrogen) atoms. The molecule has 150 valence electrons. The Kier molecular flexibility index (Phi) is 8.34. The molecule has 2 aromatic rings. The molecule has 0 aromatic heterocycles. The first-order chi connectivity index (χ1) is 13.6. The number of ether oxygens (including phenoxy) is 2. The number of hydrogen-bond donors (Lipinski definition) is 1. The van der Waals surface area contributed by atoms with Crippen LogP contribution in [0.1, 0.15) is 25.8 Å². The molecule has 0 saturated carbocycles. The molecular weight excluding hydrogens is 356 g/mol. The van der Waals surface area contributed by atoms with Gasteiger partial charge < -0.3 is 19.7 Å². The zero-order chi connectivity index (χ0) is 20.4. The van der Waals surface area contributed by atoms with Gasteiger partial charge in [-0.2, -0.15) is 0 Å². The molecule has 6 nitrogen and oxygen atoms in total. The molecule has 1 N–H and O–H groups in total. The number of hydrogen-bond acceptors (Lipinski definition) is 4. The maximum atomic E-state index is 12.6. The van der Waals surface area contributed by atoms with Crippen molar-refractivity contribution in [3.8, 4) is 11.5 Å². The van der Waals surface area contributed by atoms with Crippen LogP contribution in [0.5, 0.6) is 11.5 Å². The van der Waals surface area contributed by atoms with Gasteiger partial charge in [0, 0.05) is 13.0 Å². The standard InChI is InChI=1S/C22H28N2O4/c1-4-24(16-21(25)23-18-11-7-9-13-20(18)27-3)22(26)15-14-17-10-6-8-12-19(17)28-5-2/h6-13H,4-5,14-16H2,1-3H3,(H,23,25). The monoisotopic (exact) mass is 384 g/mol. The molecule has 0 heterocycles. The van der Waals surface area contributed by atoms with E-state index in [1.54, 1.807) is 24.1 Å². The second-order valence-electron chi connectivity index (χ2n) is 6.20. The summed E-state index contributed by atoms with van der Waals surface area (Å²) in [5.74, 6) is 1.06. The summed E-state index contributed by atoms with van der Waals surface area (Å²) in [4.78, 5) is 26.5. The molecule has 0 spiro atoms. The number of nitrogens with one attached hydrogen (secondary N) is 1. The maximum absolute atomic E-state index is 12.6. The van der Waals surface area contributed by atoms with Crippen molar-refractivity contribution in [2.24, 2.45) is 0 Å². The Bertz CT molecular complexity index is 792. The maximum Gasteiger partial charge on any atom is 0.244 e. The summed E-state index contributed by atoms with van der Waals surface area (Å²) in [6, 6.07) is 14.9. The van der Waals surface area contributed by atoms with Crippen LogP contribution >= 0.6 is 0 Å². The van der Waals surface area contributed by atoms with Crippen molar-refractivity contribution in [2.45, 2.75) is 26.7 Å². The van der Waals surface area contributed by atoms with Crippen LogP contribution in [0.2, 0.25) is 0 Å². The fourth-order valence-corrected chi connectivity index (χ4v) is 2.89. The Labute approximate surface area is 166 Å². The molecule has 2 amide bonds. The lowest BCUT2D eigenvalue weighted by Crippen LogP contribution is -2.38. The van der Waals surface area contributed by atoms with Crippen molar-refractivity contribution in [1.82, 2.24) is 4.90 Å². The molecule has 2 aromatic carbocycles. The molecule has 0 aliphatic heterocycles. The van der Waals surface area contributed by atoms with E-state index in [0.29, 0.717) is 37.4 Å². The largest absolute Gasteiger partial charge is 0.495 e. The second-order valence-corrected chi connectivity index (χ2v) is 6.20. The van der Waals surface area contributed by atoms with E-state index in [4.69, 9.17) is 9.47 Å². The SMILES string of the molecule is CCOc1ccccc1CCC(=O)N(CC)CC(=O)Nc1ccccc1OC. The topological polar surface area (TPSA) is 67.9 Å². The number of carbonyl (C=O) groups is 2. The van der Waals surface area contributed by atoms with Gasteiger partial charge >= 0.3 is 0 Å². The molecule has 0 unspecified atom stereocenters. The summed E-state index contributed by atoms with van der Waals surface area (Å²) in [7, 11) is 1.55. The Morgan fingerprint density at radius 3 is 2.36 bits per heavy atom. The Morgan fingerprint density at radius 2 is 1.68 bits per heavy atom. The number of rotatable bonds is 10. The predicted molar refractivity (Wildman–Crippen MR) is 110 cm³/mol. The zero-order valence-electron chi connectivity index (χ0n) is 16.7. The summed E-state index contributed by atoms with van der Waals surface area (Å²) >= 11 is 0. The molecule has 6 heteroatoms. The van der Waals surface area contributed by atoms with Crippen molar-refractivity contribution in [3.63, 3.8) is 0 Å². The van der Waals surface area contributed by atoms with Crippen LogP contribution in [0.25, 0.3) is 0 Å². The van der Waals surface area contributed by atoms with Gasteiger partial charge in [0.25, 0.3) is 0 Å². The first kappa shape index (κ1) is 21.3. The third-order valence-corrected chi connectivity index (χ3v) is 4.33. The summed E-state index contributed by atoms with van der Waals surface area (Å²) < 4.78 is 10.8. The van der Waals surface area contributed by atoms with E-state index in [2.05, 4.69) is 5.32 Å². The van der Waals surface area contributed by atoms with Crippen molar-refractivity contribution in [3.05, 3.63) is 54.1 Å². The predicted octanol–water partition coefficient (Wildman–Crippen LogP) is 3.51. The highest BCUT2D eigenvalue weighted by Crippen LogP contribution is 2.23. The van der Waals surface area contributed by atoms with Crippen LogP contribution in [0, 0.1) is 0 Å². The molecular formula is C22H28N2O4. The van der Waals surface area contributed by atoms with Gasteiger partial charge in [-0.25, -0.2) is 0 Å². The van der Waals surface area contributed by atoms with Gasteiger partial charge in [-0.1, -0.05) is 30.3 Å². The van der Waals surface area contributed by atoms with Crippen molar-refractivity contribution in [1.29, 1.82) is 0 Å². The normalized spacial score (nSPS) is 10.2. The van der Waals surface area contributed by atoms with Crippen LogP contribution in [0.15, 0.2) is 48.5 Å². The average Bonchev–Trinajstić information content (AvgIpc) is 2.71. The number of nitrogens with zero attached hydrogens (tertiary/aromatic N) is 1. The summed E-state index contributed by atoms with van der Waals surface area (Å²) in [5, 5.41) is 2.80. The third kappa shape index (κ3) is 6.01. The number of anilines is 1. The Morgan fingerprint density at radius 1 is 1.00 bits per heavy atom. The van der Waals surface area contributed by atoms with Crippen molar-refractivity contribution in [2.75, 3.05) is 32.1 Å². The number of likely N-dealkylation sites (N-methyl/N-ethyl adjacent to an activating group) is 1. The second kappa shape index (κ2) is 11.0. The van der Waals surface area contributed by atoms with E-state index in [9.17, 15) is 9.59 Å². The molecule has 0 aliphatic carbocycles. The minimum Gasteiger partial charge on any atom is -0.495 e. The van der Waals surface area contributed by atoms with Gasteiger partial charge in [0.05, 0.1) is 25.9 Å². The minimum absolute atomic E-state index is 0.000485. The van der Waals surface area contributed by atoms with E-state index in [1.807, 2.05) is 50.2 Å². The molecule has 2 rings (SSSR count). The van der Waals surface area contributed by atoms with Gasteiger partial charge in [0.2, 0.25) is 11.8 Å². The lowest BCUT2D eigenvalue weighted by atomic mass is 10.1. The molecule has 0 aliphatic rings. The smallest absolute Gasteiger partial charge is 0.244 e. The minimum atomic E-state index is -0.255. The number of para-hydroxylation sites is 3. The molecule has 0 atom stereocenters. The Hall–Kier alpha value is -3.02.